The van der Waals surface area contributed by atoms with Crippen molar-refractivity contribution in [2.45, 2.75) is 6.92 Å². The molecule has 0 heterocycles. The van der Waals surface area contributed by atoms with Crippen LogP contribution in [0, 0.1) is 6.92 Å². The zero-order valence-electron chi connectivity index (χ0n) is 11.4. The minimum Gasteiger partial charge on any atom is -0.492 e. The van der Waals surface area contributed by atoms with Crippen LogP contribution in [0.2, 0.25) is 0 Å². The fourth-order valence-electron chi connectivity index (χ4n) is 1.83. The number of nitrogens with two attached hydrogens (primary N) is 1. The third-order valence-electron chi connectivity index (χ3n) is 2.76. The van der Waals surface area contributed by atoms with Crippen LogP contribution in [0.5, 0.6) is 5.75 Å². The fraction of sp³-hybridized carbons (Fsp3) is 0.188. The summed E-state index contributed by atoms with van der Waals surface area (Å²) >= 11 is 0. The first kappa shape index (κ1) is 14.1. The van der Waals surface area contributed by atoms with E-state index in [1.54, 1.807) is 24.3 Å². The number of rotatable bonds is 5. The van der Waals surface area contributed by atoms with Crippen molar-refractivity contribution in [3.05, 3.63) is 59.7 Å². The average molecular weight is 270 g/mol. The lowest BCUT2D eigenvalue weighted by molar-refractivity contribution is 0.102. The summed E-state index contributed by atoms with van der Waals surface area (Å²) in [6.45, 7) is 2.86. The Morgan fingerprint density at radius 2 is 2.00 bits per heavy atom. The first-order valence-corrected chi connectivity index (χ1v) is 6.50. The summed E-state index contributed by atoms with van der Waals surface area (Å²) in [5, 5.41) is 2.86. The molecule has 0 atom stereocenters. The third kappa shape index (κ3) is 3.83. The molecule has 2 aromatic rings. The molecule has 2 rings (SSSR count). The van der Waals surface area contributed by atoms with E-state index in [1.165, 1.54) is 0 Å². The molecule has 0 aliphatic rings. The van der Waals surface area contributed by atoms with Gasteiger partial charge in [-0.15, -0.1) is 0 Å². The number of hydrogen-bond acceptors (Lipinski definition) is 3. The monoisotopic (exact) mass is 270 g/mol. The van der Waals surface area contributed by atoms with Crippen LogP contribution in [-0.2, 0) is 0 Å². The van der Waals surface area contributed by atoms with Crippen molar-refractivity contribution < 1.29 is 9.53 Å². The summed E-state index contributed by atoms with van der Waals surface area (Å²) in [7, 11) is 0. The molecule has 0 radical (unpaired) electrons. The minimum atomic E-state index is -0.159. The van der Waals surface area contributed by atoms with Gasteiger partial charge in [-0.3, -0.25) is 4.79 Å². The number of carbonyl (C=O) groups is 1. The van der Waals surface area contributed by atoms with Crippen LogP contribution >= 0.6 is 0 Å². The van der Waals surface area contributed by atoms with Crippen molar-refractivity contribution in [2.24, 2.45) is 5.73 Å². The van der Waals surface area contributed by atoms with Crippen molar-refractivity contribution in [1.82, 2.24) is 0 Å². The van der Waals surface area contributed by atoms with Gasteiger partial charge in [0.2, 0.25) is 0 Å². The van der Waals surface area contributed by atoms with Crippen molar-refractivity contribution in [1.29, 1.82) is 0 Å². The fourth-order valence-corrected chi connectivity index (χ4v) is 1.83. The SMILES string of the molecule is Cc1cccc(NC(=O)c2cccc(OCCN)c2)c1. The molecule has 4 nitrogen and oxygen atoms in total. The average Bonchev–Trinajstić information content (AvgIpc) is 2.45. The summed E-state index contributed by atoms with van der Waals surface area (Å²) in [4.78, 5) is 12.2. The summed E-state index contributed by atoms with van der Waals surface area (Å²) in [5.41, 5.74) is 7.82. The molecule has 0 fully saturated rings. The molecule has 0 aliphatic heterocycles. The Morgan fingerprint density at radius 1 is 1.20 bits per heavy atom. The van der Waals surface area contributed by atoms with E-state index in [-0.39, 0.29) is 5.91 Å². The maximum absolute atomic E-state index is 12.2. The summed E-state index contributed by atoms with van der Waals surface area (Å²) in [6, 6.07) is 14.7. The second kappa shape index (κ2) is 6.73. The second-order valence-corrected chi connectivity index (χ2v) is 4.49. The molecule has 0 saturated heterocycles. The van der Waals surface area contributed by atoms with E-state index in [4.69, 9.17) is 10.5 Å². The number of nitrogens with one attached hydrogen (secondary N) is 1. The Balaban J connectivity index is 2.09. The Morgan fingerprint density at radius 3 is 2.75 bits per heavy atom. The van der Waals surface area contributed by atoms with Gasteiger partial charge in [0, 0.05) is 17.8 Å². The van der Waals surface area contributed by atoms with E-state index in [2.05, 4.69) is 5.32 Å². The van der Waals surface area contributed by atoms with E-state index in [0.717, 1.165) is 11.3 Å². The number of ether oxygens (including phenoxy) is 1. The van der Waals surface area contributed by atoms with Gasteiger partial charge in [0.05, 0.1) is 0 Å². The van der Waals surface area contributed by atoms with E-state index in [0.29, 0.717) is 24.5 Å². The number of carbonyl (C=O) groups excluding carboxylic acids is 1. The number of hydrogen-bond donors (Lipinski definition) is 2. The van der Waals surface area contributed by atoms with Crippen LogP contribution in [0.4, 0.5) is 5.69 Å². The van der Waals surface area contributed by atoms with Gasteiger partial charge < -0.3 is 15.8 Å². The first-order valence-electron chi connectivity index (χ1n) is 6.50. The topological polar surface area (TPSA) is 64.3 Å². The van der Waals surface area contributed by atoms with Gasteiger partial charge in [-0.1, -0.05) is 18.2 Å². The number of aryl methyl sites for hydroxylation is 1. The molecule has 0 unspecified atom stereocenters. The van der Waals surface area contributed by atoms with E-state index >= 15 is 0 Å². The van der Waals surface area contributed by atoms with Gasteiger partial charge in [0.15, 0.2) is 0 Å². The number of anilines is 1. The van der Waals surface area contributed by atoms with Gasteiger partial charge in [-0.2, -0.15) is 0 Å². The molecule has 0 bridgehead atoms. The second-order valence-electron chi connectivity index (χ2n) is 4.49. The highest BCUT2D eigenvalue weighted by molar-refractivity contribution is 6.04. The highest BCUT2D eigenvalue weighted by Gasteiger charge is 2.07. The normalized spacial score (nSPS) is 10.1. The number of amides is 1. The molecule has 0 saturated carbocycles. The molecule has 104 valence electrons. The highest BCUT2D eigenvalue weighted by Crippen LogP contribution is 2.16. The third-order valence-corrected chi connectivity index (χ3v) is 2.76. The largest absolute Gasteiger partial charge is 0.492 e. The van der Waals surface area contributed by atoms with E-state index < -0.39 is 0 Å². The van der Waals surface area contributed by atoms with Crippen molar-refractivity contribution in [3.8, 4) is 5.75 Å². The lowest BCUT2D eigenvalue weighted by Gasteiger charge is -2.08. The van der Waals surface area contributed by atoms with Crippen molar-refractivity contribution >= 4 is 11.6 Å². The standard InChI is InChI=1S/C16H18N2O2/c1-12-4-2-6-14(10-12)18-16(19)13-5-3-7-15(11-13)20-9-8-17/h2-7,10-11H,8-9,17H2,1H3,(H,18,19). The maximum Gasteiger partial charge on any atom is 0.255 e. The van der Waals surface area contributed by atoms with Gasteiger partial charge in [-0.05, 0) is 42.8 Å². The Labute approximate surface area is 118 Å². The van der Waals surface area contributed by atoms with Crippen LogP contribution in [0.25, 0.3) is 0 Å². The van der Waals surface area contributed by atoms with Crippen LogP contribution < -0.4 is 15.8 Å². The minimum absolute atomic E-state index is 0.159. The van der Waals surface area contributed by atoms with Crippen molar-refractivity contribution in [2.75, 3.05) is 18.5 Å². The highest BCUT2D eigenvalue weighted by atomic mass is 16.5. The van der Waals surface area contributed by atoms with E-state index in [9.17, 15) is 4.79 Å². The molecule has 2 aromatic carbocycles. The molecule has 3 N–H and O–H groups in total. The quantitative estimate of drug-likeness (QED) is 0.877. The summed E-state index contributed by atoms with van der Waals surface area (Å²) < 4.78 is 5.41. The molecule has 0 spiro atoms. The van der Waals surface area contributed by atoms with Crippen molar-refractivity contribution in [3.63, 3.8) is 0 Å². The van der Waals surface area contributed by atoms with Gasteiger partial charge in [0.25, 0.3) is 5.91 Å². The summed E-state index contributed by atoms with van der Waals surface area (Å²) in [6.07, 6.45) is 0. The molecule has 20 heavy (non-hydrogen) atoms. The van der Waals surface area contributed by atoms with Crippen LogP contribution in [0.3, 0.4) is 0 Å². The Bertz CT molecular complexity index is 597. The lowest BCUT2D eigenvalue weighted by Crippen LogP contribution is -2.13. The van der Waals surface area contributed by atoms with Gasteiger partial charge >= 0.3 is 0 Å². The molecule has 1 amide bonds. The first-order chi connectivity index (χ1) is 9.69. The predicted octanol–water partition coefficient (Wildman–Crippen LogP) is 2.58. The van der Waals surface area contributed by atoms with Gasteiger partial charge in [0.1, 0.15) is 12.4 Å². The Hall–Kier alpha value is -2.33. The van der Waals surface area contributed by atoms with Crippen LogP contribution in [0.15, 0.2) is 48.5 Å². The maximum atomic E-state index is 12.2. The predicted molar refractivity (Wildman–Crippen MR) is 80.1 cm³/mol. The Kier molecular flexibility index (Phi) is 4.74. The molecular weight excluding hydrogens is 252 g/mol. The number of benzene rings is 2. The lowest BCUT2D eigenvalue weighted by atomic mass is 10.2. The van der Waals surface area contributed by atoms with Crippen LogP contribution in [0.1, 0.15) is 15.9 Å². The molecule has 0 aliphatic carbocycles. The zero-order chi connectivity index (χ0) is 14.4. The van der Waals surface area contributed by atoms with E-state index in [1.807, 2.05) is 31.2 Å². The van der Waals surface area contributed by atoms with Gasteiger partial charge in [-0.25, -0.2) is 0 Å². The molecule has 4 heteroatoms. The summed E-state index contributed by atoms with van der Waals surface area (Å²) in [5.74, 6) is 0.487. The molecule has 0 aromatic heterocycles. The molecular formula is C16H18N2O2. The zero-order valence-corrected chi connectivity index (χ0v) is 11.4. The van der Waals surface area contributed by atoms with Crippen LogP contribution in [-0.4, -0.2) is 19.1 Å². The smallest absolute Gasteiger partial charge is 0.255 e.